The van der Waals surface area contributed by atoms with Gasteiger partial charge in [-0.15, -0.1) is 11.3 Å². The van der Waals surface area contributed by atoms with E-state index in [9.17, 15) is 0 Å². The highest BCUT2D eigenvalue weighted by Crippen LogP contribution is 2.22. The molecule has 1 fully saturated rings. The van der Waals surface area contributed by atoms with E-state index in [1.807, 2.05) is 11.3 Å². The van der Waals surface area contributed by atoms with Gasteiger partial charge in [0.1, 0.15) is 0 Å². The first kappa shape index (κ1) is 11.6. The summed E-state index contributed by atoms with van der Waals surface area (Å²) in [5.41, 5.74) is 0. The first-order valence-electron chi connectivity index (χ1n) is 5.43. The molecule has 0 saturated carbocycles. The van der Waals surface area contributed by atoms with Crippen LogP contribution in [0.1, 0.15) is 18.2 Å². The molecular formula is C11H17BrN2S. The molecule has 2 nitrogen and oxygen atoms in total. The molecule has 0 amide bonds. The Labute approximate surface area is 104 Å². The molecule has 0 bridgehead atoms. The Balaban J connectivity index is 1.73. The fourth-order valence-corrected chi connectivity index (χ4v) is 3.48. The van der Waals surface area contributed by atoms with Crippen LogP contribution in [0.3, 0.4) is 0 Å². The highest BCUT2D eigenvalue weighted by Gasteiger charge is 2.21. The molecule has 0 aromatic carbocycles. The average Bonchev–Trinajstić information content (AvgIpc) is 2.78. The zero-order valence-electron chi connectivity index (χ0n) is 8.92. The zero-order chi connectivity index (χ0) is 10.7. The minimum atomic E-state index is 0.671. The van der Waals surface area contributed by atoms with Crippen LogP contribution in [-0.4, -0.2) is 19.1 Å². The average molecular weight is 289 g/mol. The standard InChI is InChI=1S/C11H17BrN2S/c1-8-9(2-4-14-8)6-13-7-11-10(12)3-5-15-11/h3,5,8-9,13-14H,2,4,6-7H2,1H3. The second kappa shape index (κ2) is 5.43. The molecule has 84 valence electrons. The van der Waals surface area contributed by atoms with Gasteiger partial charge in [-0.3, -0.25) is 0 Å². The molecule has 0 radical (unpaired) electrons. The van der Waals surface area contributed by atoms with Crippen LogP contribution in [0.25, 0.3) is 0 Å². The molecule has 2 unspecified atom stereocenters. The minimum Gasteiger partial charge on any atom is -0.314 e. The summed E-state index contributed by atoms with van der Waals surface area (Å²) in [4.78, 5) is 1.40. The summed E-state index contributed by atoms with van der Waals surface area (Å²) >= 11 is 5.36. The van der Waals surface area contributed by atoms with E-state index >= 15 is 0 Å². The fourth-order valence-electron chi connectivity index (χ4n) is 2.01. The van der Waals surface area contributed by atoms with Gasteiger partial charge < -0.3 is 10.6 Å². The molecular weight excluding hydrogens is 272 g/mol. The van der Waals surface area contributed by atoms with Crippen molar-refractivity contribution in [3.8, 4) is 0 Å². The molecule has 1 aliphatic heterocycles. The number of halogens is 1. The molecule has 1 aliphatic rings. The van der Waals surface area contributed by atoms with E-state index in [0.717, 1.165) is 19.0 Å². The molecule has 2 N–H and O–H groups in total. The van der Waals surface area contributed by atoms with Crippen LogP contribution in [0.5, 0.6) is 0 Å². The summed E-state index contributed by atoms with van der Waals surface area (Å²) in [7, 11) is 0. The smallest absolute Gasteiger partial charge is 0.0327 e. The predicted octanol–water partition coefficient (Wildman–Crippen LogP) is 2.60. The van der Waals surface area contributed by atoms with Crippen molar-refractivity contribution in [3.05, 3.63) is 20.8 Å². The van der Waals surface area contributed by atoms with Crippen LogP contribution in [0, 0.1) is 5.92 Å². The number of hydrogen-bond donors (Lipinski definition) is 2. The van der Waals surface area contributed by atoms with Crippen molar-refractivity contribution >= 4 is 27.3 Å². The van der Waals surface area contributed by atoms with Gasteiger partial charge in [0.2, 0.25) is 0 Å². The summed E-state index contributed by atoms with van der Waals surface area (Å²) < 4.78 is 1.23. The lowest BCUT2D eigenvalue weighted by atomic mass is 10.0. The zero-order valence-corrected chi connectivity index (χ0v) is 11.3. The number of thiophene rings is 1. The van der Waals surface area contributed by atoms with E-state index in [0.29, 0.717) is 6.04 Å². The quantitative estimate of drug-likeness (QED) is 0.890. The number of rotatable bonds is 4. The van der Waals surface area contributed by atoms with Crippen molar-refractivity contribution < 1.29 is 0 Å². The lowest BCUT2D eigenvalue weighted by molar-refractivity contribution is 0.440. The Bertz CT molecular complexity index is 313. The van der Waals surface area contributed by atoms with Gasteiger partial charge in [0.05, 0.1) is 0 Å². The SMILES string of the molecule is CC1NCCC1CNCc1sccc1Br. The van der Waals surface area contributed by atoms with E-state index in [1.54, 1.807) is 0 Å². The molecule has 4 heteroatoms. The molecule has 1 aromatic rings. The third kappa shape index (κ3) is 3.03. The molecule has 0 aliphatic carbocycles. The van der Waals surface area contributed by atoms with E-state index in [4.69, 9.17) is 0 Å². The maximum atomic E-state index is 3.55. The highest BCUT2D eigenvalue weighted by atomic mass is 79.9. The highest BCUT2D eigenvalue weighted by molar-refractivity contribution is 9.10. The molecule has 15 heavy (non-hydrogen) atoms. The van der Waals surface area contributed by atoms with E-state index in [-0.39, 0.29) is 0 Å². The summed E-state index contributed by atoms with van der Waals surface area (Å²) in [5.74, 6) is 0.795. The van der Waals surface area contributed by atoms with Gasteiger partial charge in [0, 0.05) is 21.9 Å². The van der Waals surface area contributed by atoms with Crippen LogP contribution in [0.4, 0.5) is 0 Å². The third-order valence-corrected chi connectivity index (χ3v) is 5.00. The van der Waals surface area contributed by atoms with E-state index in [1.165, 1.54) is 22.3 Å². The van der Waals surface area contributed by atoms with Crippen molar-refractivity contribution in [2.45, 2.75) is 25.9 Å². The lowest BCUT2D eigenvalue weighted by Crippen LogP contribution is -2.30. The second-order valence-corrected chi connectivity index (χ2v) is 5.97. The Hall–Kier alpha value is 0.100. The molecule has 2 atom stereocenters. The lowest BCUT2D eigenvalue weighted by Gasteiger charge is -2.15. The normalized spacial score (nSPS) is 26.0. The van der Waals surface area contributed by atoms with Gasteiger partial charge in [-0.05, 0) is 59.7 Å². The molecule has 2 rings (SSSR count). The summed E-state index contributed by atoms with van der Waals surface area (Å²) in [6, 6.07) is 2.78. The second-order valence-electron chi connectivity index (χ2n) is 4.11. The van der Waals surface area contributed by atoms with Crippen LogP contribution in [0.15, 0.2) is 15.9 Å². The van der Waals surface area contributed by atoms with Crippen molar-refractivity contribution in [2.75, 3.05) is 13.1 Å². The van der Waals surface area contributed by atoms with Crippen molar-refractivity contribution in [1.29, 1.82) is 0 Å². The van der Waals surface area contributed by atoms with Crippen LogP contribution < -0.4 is 10.6 Å². The van der Waals surface area contributed by atoms with E-state index < -0.39 is 0 Å². The maximum Gasteiger partial charge on any atom is 0.0327 e. The van der Waals surface area contributed by atoms with Crippen LogP contribution >= 0.6 is 27.3 Å². The van der Waals surface area contributed by atoms with Gasteiger partial charge >= 0.3 is 0 Å². The van der Waals surface area contributed by atoms with E-state index in [2.05, 4.69) is 44.9 Å². The van der Waals surface area contributed by atoms with Crippen molar-refractivity contribution in [1.82, 2.24) is 10.6 Å². The number of hydrogen-bond acceptors (Lipinski definition) is 3. The first-order valence-corrected chi connectivity index (χ1v) is 7.10. The first-order chi connectivity index (χ1) is 7.27. The van der Waals surface area contributed by atoms with Gasteiger partial charge in [-0.1, -0.05) is 0 Å². The van der Waals surface area contributed by atoms with Crippen molar-refractivity contribution in [2.24, 2.45) is 5.92 Å². The molecule has 0 spiro atoms. The fraction of sp³-hybridized carbons (Fsp3) is 0.636. The largest absolute Gasteiger partial charge is 0.314 e. The Kier molecular flexibility index (Phi) is 4.20. The third-order valence-electron chi connectivity index (χ3n) is 3.07. The summed E-state index contributed by atoms with van der Waals surface area (Å²) in [5, 5.41) is 9.15. The monoisotopic (exact) mass is 288 g/mol. The molecule has 1 saturated heterocycles. The summed E-state index contributed by atoms with van der Waals surface area (Å²) in [6.45, 7) is 5.57. The summed E-state index contributed by atoms with van der Waals surface area (Å²) in [6.07, 6.45) is 1.31. The molecule has 2 heterocycles. The predicted molar refractivity (Wildman–Crippen MR) is 69.3 cm³/mol. The minimum absolute atomic E-state index is 0.671. The molecule has 1 aromatic heterocycles. The maximum absolute atomic E-state index is 3.55. The van der Waals surface area contributed by atoms with Crippen LogP contribution in [-0.2, 0) is 6.54 Å². The number of nitrogens with one attached hydrogen (secondary N) is 2. The topological polar surface area (TPSA) is 24.1 Å². The van der Waals surface area contributed by atoms with Gasteiger partial charge in [-0.25, -0.2) is 0 Å². The van der Waals surface area contributed by atoms with Crippen LogP contribution in [0.2, 0.25) is 0 Å². The van der Waals surface area contributed by atoms with Gasteiger partial charge in [-0.2, -0.15) is 0 Å². The van der Waals surface area contributed by atoms with Gasteiger partial charge in [0.15, 0.2) is 0 Å². The van der Waals surface area contributed by atoms with Crippen molar-refractivity contribution in [3.63, 3.8) is 0 Å². The van der Waals surface area contributed by atoms with Gasteiger partial charge in [0.25, 0.3) is 0 Å². The Morgan fingerprint density at radius 2 is 2.53 bits per heavy atom. The Morgan fingerprint density at radius 1 is 1.67 bits per heavy atom. The Morgan fingerprint density at radius 3 is 3.13 bits per heavy atom.